The predicted octanol–water partition coefficient (Wildman–Crippen LogP) is 2.88. The van der Waals surface area contributed by atoms with E-state index in [0.717, 1.165) is 22.8 Å². The zero-order valence-electron chi connectivity index (χ0n) is 10.3. The van der Waals surface area contributed by atoms with Gasteiger partial charge in [0.15, 0.2) is 0 Å². The van der Waals surface area contributed by atoms with Crippen molar-refractivity contribution in [1.82, 2.24) is 4.98 Å². The van der Waals surface area contributed by atoms with Gasteiger partial charge in [-0.3, -0.25) is 0 Å². The Labute approximate surface area is 107 Å². The zero-order chi connectivity index (χ0) is 12.3. The van der Waals surface area contributed by atoms with Gasteiger partial charge in [-0.1, -0.05) is 0 Å². The number of nitriles is 1. The lowest BCUT2D eigenvalue weighted by Crippen LogP contribution is -2.27. The number of nitrogens with one attached hydrogen (secondary N) is 1. The van der Waals surface area contributed by atoms with Gasteiger partial charge < -0.3 is 5.32 Å². The molecule has 1 fully saturated rings. The molecule has 1 aliphatic heterocycles. The highest BCUT2D eigenvalue weighted by Crippen LogP contribution is 2.23. The van der Waals surface area contributed by atoms with Crippen LogP contribution in [0.25, 0.3) is 0 Å². The Morgan fingerprint density at radius 2 is 2.35 bits per heavy atom. The topological polar surface area (TPSA) is 48.7 Å². The van der Waals surface area contributed by atoms with Crippen LogP contribution in [0, 0.1) is 25.2 Å². The maximum Gasteiger partial charge on any atom is 0.144 e. The first kappa shape index (κ1) is 12.3. The summed E-state index contributed by atoms with van der Waals surface area (Å²) in [5.74, 6) is 3.13. The number of thioether (sulfide) groups is 1. The number of aromatic nitrogens is 1. The van der Waals surface area contributed by atoms with Crippen LogP contribution in [0.3, 0.4) is 0 Å². The summed E-state index contributed by atoms with van der Waals surface area (Å²) in [7, 11) is 0. The van der Waals surface area contributed by atoms with Crippen molar-refractivity contribution in [2.24, 2.45) is 0 Å². The summed E-state index contributed by atoms with van der Waals surface area (Å²) in [6, 6.07) is 4.66. The average molecular weight is 247 g/mol. The molecule has 1 aromatic rings. The summed E-state index contributed by atoms with van der Waals surface area (Å²) in [4.78, 5) is 4.46. The Kier molecular flexibility index (Phi) is 3.90. The standard InChI is InChI=1S/C13H17N3S/c1-9-6-10(2)15-13(12(9)7-14)16-11-4-3-5-17-8-11/h6,11H,3-5,8H2,1-2H3,(H,15,16). The van der Waals surface area contributed by atoms with Gasteiger partial charge in [0, 0.05) is 17.5 Å². The first-order valence-electron chi connectivity index (χ1n) is 5.93. The van der Waals surface area contributed by atoms with Crippen molar-refractivity contribution in [3.8, 4) is 6.07 Å². The predicted molar refractivity (Wildman–Crippen MR) is 72.4 cm³/mol. The Balaban J connectivity index is 2.22. The lowest BCUT2D eigenvalue weighted by Gasteiger charge is -2.23. The Morgan fingerprint density at radius 1 is 1.53 bits per heavy atom. The van der Waals surface area contributed by atoms with Gasteiger partial charge in [-0.15, -0.1) is 0 Å². The number of pyridine rings is 1. The van der Waals surface area contributed by atoms with Crippen molar-refractivity contribution in [2.75, 3.05) is 16.8 Å². The fourth-order valence-electron chi connectivity index (χ4n) is 2.13. The molecular weight excluding hydrogens is 230 g/mol. The normalized spacial score (nSPS) is 19.7. The first-order valence-corrected chi connectivity index (χ1v) is 7.09. The number of anilines is 1. The largest absolute Gasteiger partial charge is 0.365 e. The Bertz CT molecular complexity index is 445. The van der Waals surface area contributed by atoms with Gasteiger partial charge in [-0.05, 0) is 44.1 Å². The van der Waals surface area contributed by atoms with Crippen molar-refractivity contribution in [2.45, 2.75) is 32.7 Å². The Morgan fingerprint density at radius 3 is 3.00 bits per heavy atom. The summed E-state index contributed by atoms with van der Waals surface area (Å²) >= 11 is 1.97. The molecule has 1 unspecified atom stereocenters. The van der Waals surface area contributed by atoms with Gasteiger partial charge in [-0.25, -0.2) is 4.98 Å². The lowest BCUT2D eigenvalue weighted by atomic mass is 10.1. The molecule has 90 valence electrons. The second kappa shape index (κ2) is 5.42. The maximum atomic E-state index is 9.18. The van der Waals surface area contributed by atoms with Crippen LogP contribution in [0.15, 0.2) is 6.07 Å². The van der Waals surface area contributed by atoms with E-state index in [4.69, 9.17) is 0 Å². The summed E-state index contributed by atoms with van der Waals surface area (Å²) in [5.41, 5.74) is 2.66. The molecule has 17 heavy (non-hydrogen) atoms. The number of hydrogen-bond acceptors (Lipinski definition) is 4. The molecule has 2 rings (SSSR count). The quantitative estimate of drug-likeness (QED) is 0.873. The molecule has 4 heteroatoms. The fraction of sp³-hybridized carbons (Fsp3) is 0.538. The molecule has 0 bridgehead atoms. The summed E-state index contributed by atoms with van der Waals surface area (Å²) in [6.45, 7) is 3.93. The minimum atomic E-state index is 0.453. The second-order valence-corrected chi connectivity index (χ2v) is 5.62. The van der Waals surface area contributed by atoms with Gasteiger partial charge in [0.2, 0.25) is 0 Å². The van der Waals surface area contributed by atoms with Crippen LogP contribution in [-0.2, 0) is 0 Å². The van der Waals surface area contributed by atoms with E-state index in [0.29, 0.717) is 11.6 Å². The third-order valence-corrected chi connectivity index (χ3v) is 4.17. The summed E-state index contributed by atoms with van der Waals surface area (Å²) in [5, 5.41) is 12.6. The highest BCUT2D eigenvalue weighted by atomic mass is 32.2. The van der Waals surface area contributed by atoms with Crippen LogP contribution in [0.1, 0.15) is 29.7 Å². The van der Waals surface area contributed by atoms with Gasteiger partial charge >= 0.3 is 0 Å². The van der Waals surface area contributed by atoms with Gasteiger partial charge in [0.25, 0.3) is 0 Å². The van der Waals surface area contributed by atoms with E-state index in [1.165, 1.54) is 18.6 Å². The molecule has 0 aliphatic carbocycles. The molecule has 1 N–H and O–H groups in total. The van der Waals surface area contributed by atoms with Crippen molar-refractivity contribution in [3.63, 3.8) is 0 Å². The number of aryl methyl sites for hydroxylation is 2. The third-order valence-electron chi connectivity index (χ3n) is 2.96. The lowest BCUT2D eigenvalue weighted by molar-refractivity contribution is 0.681. The molecule has 1 aromatic heterocycles. The van der Waals surface area contributed by atoms with E-state index in [1.54, 1.807) is 0 Å². The van der Waals surface area contributed by atoms with Crippen molar-refractivity contribution in [3.05, 3.63) is 22.9 Å². The van der Waals surface area contributed by atoms with Crippen molar-refractivity contribution in [1.29, 1.82) is 5.26 Å². The zero-order valence-corrected chi connectivity index (χ0v) is 11.1. The summed E-state index contributed by atoms with van der Waals surface area (Å²) in [6.07, 6.45) is 2.42. The second-order valence-electron chi connectivity index (χ2n) is 4.47. The molecule has 3 nitrogen and oxygen atoms in total. The van der Waals surface area contributed by atoms with Crippen LogP contribution < -0.4 is 5.32 Å². The smallest absolute Gasteiger partial charge is 0.144 e. The van der Waals surface area contributed by atoms with Crippen LogP contribution in [0.2, 0.25) is 0 Å². The molecule has 2 heterocycles. The van der Waals surface area contributed by atoms with Crippen molar-refractivity contribution >= 4 is 17.6 Å². The van der Waals surface area contributed by atoms with Gasteiger partial charge in [-0.2, -0.15) is 17.0 Å². The number of nitrogens with zero attached hydrogens (tertiary/aromatic N) is 2. The van der Waals surface area contributed by atoms with E-state index in [1.807, 2.05) is 31.7 Å². The monoisotopic (exact) mass is 247 g/mol. The average Bonchev–Trinajstić information content (AvgIpc) is 2.30. The molecule has 0 saturated carbocycles. The SMILES string of the molecule is Cc1cc(C)c(C#N)c(NC2CCCSC2)n1. The van der Waals surface area contributed by atoms with E-state index in [2.05, 4.69) is 16.4 Å². The first-order chi connectivity index (χ1) is 8.20. The van der Waals surface area contributed by atoms with Crippen LogP contribution in [-0.4, -0.2) is 22.5 Å². The molecule has 0 spiro atoms. The van der Waals surface area contributed by atoms with Gasteiger partial charge in [0.1, 0.15) is 11.9 Å². The molecule has 0 amide bonds. The molecule has 0 radical (unpaired) electrons. The van der Waals surface area contributed by atoms with Crippen LogP contribution in [0.5, 0.6) is 0 Å². The van der Waals surface area contributed by atoms with Crippen LogP contribution >= 0.6 is 11.8 Å². The van der Waals surface area contributed by atoms with E-state index >= 15 is 0 Å². The molecule has 1 aliphatic rings. The van der Waals surface area contributed by atoms with E-state index in [-0.39, 0.29) is 0 Å². The minimum Gasteiger partial charge on any atom is -0.365 e. The fourth-order valence-corrected chi connectivity index (χ4v) is 3.20. The molecule has 1 saturated heterocycles. The Hall–Kier alpha value is -1.21. The highest BCUT2D eigenvalue weighted by molar-refractivity contribution is 7.99. The molecular formula is C13H17N3S. The van der Waals surface area contributed by atoms with Gasteiger partial charge in [0.05, 0.1) is 5.56 Å². The van der Waals surface area contributed by atoms with Crippen LogP contribution in [0.4, 0.5) is 5.82 Å². The number of hydrogen-bond donors (Lipinski definition) is 1. The van der Waals surface area contributed by atoms with E-state index < -0.39 is 0 Å². The molecule has 1 atom stereocenters. The maximum absolute atomic E-state index is 9.18. The highest BCUT2D eigenvalue weighted by Gasteiger charge is 2.16. The molecule has 0 aromatic carbocycles. The van der Waals surface area contributed by atoms with Crippen molar-refractivity contribution < 1.29 is 0 Å². The summed E-state index contributed by atoms with van der Waals surface area (Å²) < 4.78 is 0. The minimum absolute atomic E-state index is 0.453. The third kappa shape index (κ3) is 2.92. The number of rotatable bonds is 2. The van der Waals surface area contributed by atoms with E-state index in [9.17, 15) is 5.26 Å².